The Hall–Kier alpha value is -0.320. The van der Waals surface area contributed by atoms with Gasteiger partial charge in [0, 0.05) is 18.1 Å². The molecule has 4 rings (SSSR count). The van der Waals surface area contributed by atoms with E-state index >= 15 is 0 Å². The van der Waals surface area contributed by atoms with Crippen molar-refractivity contribution in [2.24, 2.45) is 5.73 Å². The predicted molar refractivity (Wildman–Crippen MR) is 80.3 cm³/mol. The fourth-order valence-electron chi connectivity index (χ4n) is 4.55. The van der Waals surface area contributed by atoms with E-state index in [0.717, 1.165) is 0 Å². The lowest BCUT2D eigenvalue weighted by molar-refractivity contribution is -0.278. The minimum atomic E-state index is -0.878. The van der Waals surface area contributed by atoms with Crippen LogP contribution in [0, 0.1) is 0 Å². The molecule has 4 aliphatic heterocycles. The molecule has 8 heteroatoms. The molecule has 6 N–H and O–H groups in total. The van der Waals surface area contributed by atoms with Gasteiger partial charge in [-0.15, -0.1) is 0 Å². The molecular formula is C15H27N3O5. The molecule has 11 atom stereocenters. The van der Waals surface area contributed by atoms with Crippen molar-refractivity contribution in [3.05, 3.63) is 0 Å². The van der Waals surface area contributed by atoms with Gasteiger partial charge in [0.1, 0.15) is 18.4 Å². The molecule has 0 radical (unpaired) electrons. The van der Waals surface area contributed by atoms with Gasteiger partial charge in [-0.25, -0.2) is 0 Å². The quantitative estimate of drug-likeness (QED) is 0.367. The summed E-state index contributed by atoms with van der Waals surface area (Å²) in [6.45, 7) is 4.55. The molecule has 0 aliphatic carbocycles. The van der Waals surface area contributed by atoms with E-state index in [0.29, 0.717) is 19.4 Å². The highest BCUT2D eigenvalue weighted by Crippen LogP contribution is 2.57. The number of rotatable bonds is 3. The van der Waals surface area contributed by atoms with Crippen molar-refractivity contribution in [2.75, 3.05) is 6.54 Å². The standard InChI is InChI=1S/C15H27N3O5/c1-6(16)8-4-3-7(19)14(22-8)23-13-11(21)9-10(20)12-15(2,5-17-13)18(9)12/h6-14,17,19-21H,3-5,16H2,1-2H3. The Morgan fingerprint density at radius 2 is 2.04 bits per heavy atom. The predicted octanol–water partition coefficient (Wildman–Crippen LogP) is -2.31. The Labute approximate surface area is 135 Å². The average Bonchev–Trinajstić information content (AvgIpc) is 3.05. The summed E-state index contributed by atoms with van der Waals surface area (Å²) in [5.74, 6) is 0. The highest BCUT2D eigenvalue weighted by Gasteiger charge is 2.77. The van der Waals surface area contributed by atoms with Gasteiger partial charge in [-0.3, -0.25) is 10.2 Å². The second kappa shape index (κ2) is 5.34. The molecule has 0 spiro atoms. The second-order valence-electron chi connectivity index (χ2n) is 7.67. The van der Waals surface area contributed by atoms with Gasteiger partial charge in [0.15, 0.2) is 6.29 Å². The van der Waals surface area contributed by atoms with Crippen molar-refractivity contribution in [1.82, 2.24) is 10.2 Å². The lowest BCUT2D eigenvalue weighted by Crippen LogP contribution is -2.63. The van der Waals surface area contributed by atoms with E-state index < -0.39 is 30.8 Å². The molecule has 8 nitrogen and oxygen atoms in total. The van der Waals surface area contributed by atoms with Crippen molar-refractivity contribution in [3.63, 3.8) is 0 Å². The highest BCUT2D eigenvalue weighted by molar-refractivity contribution is 5.33. The number of nitrogens with one attached hydrogen (secondary N) is 1. The highest BCUT2D eigenvalue weighted by atomic mass is 16.7. The third kappa shape index (κ3) is 2.28. The molecule has 0 saturated carbocycles. The Kier molecular flexibility index (Phi) is 3.75. The molecule has 4 heterocycles. The molecule has 23 heavy (non-hydrogen) atoms. The maximum atomic E-state index is 10.6. The van der Waals surface area contributed by atoms with Crippen LogP contribution in [0.3, 0.4) is 0 Å². The number of nitrogens with two attached hydrogens (primary N) is 1. The van der Waals surface area contributed by atoms with Crippen molar-refractivity contribution >= 4 is 0 Å². The topological polar surface area (TPSA) is 120 Å². The lowest BCUT2D eigenvalue weighted by atomic mass is 9.91. The summed E-state index contributed by atoms with van der Waals surface area (Å²) in [5, 5.41) is 34.1. The summed E-state index contributed by atoms with van der Waals surface area (Å²) in [5.41, 5.74) is 5.76. The molecule has 0 amide bonds. The van der Waals surface area contributed by atoms with Gasteiger partial charge in [0.05, 0.1) is 24.3 Å². The van der Waals surface area contributed by atoms with Crippen LogP contribution in [-0.2, 0) is 9.47 Å². The third-order valence-electron chi connectivity index (χ3n) is 6.01. The molecule has 132 valence electrons. The number of nitrogens with zero attached hydrogens (tertiary/aromatic N) is 1. The first-order chi connectivity index (χ1) is 10.8. The van der Waals surface area contributed by atoms with E-state index in [1.807, 2.05) is 6.92 Å². The molecule has 11 unspecified atom stereocenters. The van der Waals surface area contributed by atoms with Crippen LogP contribution in [0.15, 0.2) is 0 Å². The molecular weight excluding hydrogens is 302 g/mol. The Morgan fingerprint density at radius 3 is 2.74 bits per heavy atom. The van der Waals surface area contributed by atoms with E-state index in [2.05, 4.69) is 17.1 Å². The Morgan fingerprint density at radius 1 is 1.30 bits per heavy atom. The largest absolute Gasteiger partial charge is 0.390 e. The summed E-state index contributed by atoms with van der Waals surface area (Å²) in [6, 6.07) is -0.336. The maximum Gasteiger partial charge on any atom is 0.185 e. The molecule has 4 saturated heterocycles. The molecule has 4 fully saturated rings. The number of aliphatic hydroxyl groups is 3. The lowest BCUT2D eigenvalue weighted by Gasteiger charge is -2.42. The van der Waals surface area contributed by atoms with Crippen LogP contribution in [0.2, 0.25) is 0 Å². The van der Waals surface area contributed by atoms with Crippen molar-refractivity contribution in [1.29, 1.82) is 0 Å². The maximum absolute atomic E-state index is 10.6. The van der Waals surface area contributed by atoms with Gasteiger partial charge in [0.2, 0.25) is 0 Å². The number of hydrogen-bond acceptors (Lipinski definition) is 8. The van der Waals surface area contributed by atoms with Crippen molar-refractivity contribution in [2.45, 2.75) is 87.3 Å². The number of fused-ring (bicyclic) bond motifs is 1. The fraction of sp³-hybridized carbons (Fsp3) is 1.00. The minimum absolute atomic E-state index is 0.122. The van der Waals surface area contributed by atoms with E-state index in [1.165, 1.54) is 0 Å². The van der Waals surface area contributed by atoms with Crippen LogP contribution < -0.4 is 11.1 Å². The van der Waals surface area contributed by atoms with Crippen LogP contribution in [0.4, 0.5) is 0 Å². The normalized spacial score (nSPS) is 59.5. The Balaban J connectivity index is 1.44. The average molecular weight is 329 g/mol. The monoisotopic (exact) mass is 329 g/mol. The molecule has 0 aromatic carbocycles. The fourth-order valence-corrected chi connectivity index (χ4v) is 4.55. The van der Waals surface area contributed by atoms with E-state index in [4.69, 9.17) is 15.2 Å². The van der Waals surface area contributed by atoms with E-state index in [1.54, 1.807) is 0 Å². The zero-order valence-electron chi connectivity index (χ0n) is 13.5. The molecule has 0 aromatic heterocycles. The first-order valence-corrected chi connectivity index (χ1v) is 8.47. The van der Waals surface area contributed by atoms with Gasteiger partial charge >= 0.3 is 0 Å². The summed E-state index contributed by atoms with van der Waals surface area (Å²) in [4.78, 5) is 2.13. The smallest absolute Gasteiger partial charge is 0.185 e. The van der Waals surface area contributed by atoms with Crippen LogP contribution >= 0.6 is 0 Å². The van der Waals surface area contributed by atoms with Crippen LogP contribution in [0.5, 0.6) is 0 Å². The number of ether oxygens (including phenoxy) is 2. The zero-order valence-corrected chi connectivity index (χ0v) is 13.5. The SMILES string of the molecule is CC(N)C1CCC(O)C(OC2NCC3(C)C4C(O)C(C2O)N43)O1. The summed E-state index contributed by atoms with van der Waals surface area (Å²) in [6.07, 6.45) is -2.59. The molecule has 4 aliphatic rings. The van der Waals surface area contributed by atoms with Gasteiger partial charge in [-0.05, 0) is 26.7 Å². The molecule has 0 bridgehead atoms. The first-order valence-electron chi connectivity index (χ1n) is 8.47. The van der Waals surface area contributed by atoms with Gasteiger partial charge in [0.25, 0.3) is 0 Å². The third-order valence-corrected chi connectivity index (χ3v) is 6.01. The first kappa shape index (κ1) is 16.2. The van der Waals surface area contributed by atoms with Crippen LogP contribution in [0.25, 0.3) is 0 Å². The molecule has 0 aromatic rings. The summed E-state index contributed by atoms with van der Waals surface area (Å²) >= 11 is 0. The Bertz CT molecular complexity index is 480. The van der Waals surface area contributed by atoms with Gasteiger partial charge < -0.3 is 30.5 Å². The van der Waals surface area contributed by atoms with Crippen LogP contribution in [0.1, 0.15) is 26.7 Å². The van der Waals surface area contributed by atoms with Crippen LogP contribution in [-0.4, -0.2) is 87.4 Å². The second-order valence-corrected chi connectivity index (χ2v) is 7.67. The van der Waals surface area contributed by atoms with E-state index in [-0.39, 0.29) is 29.8 Å². The van der Waals surface area contributed by atoms with Gasteiger partial charge in [-0.2, -0.15) is 0 Å². The zero-order chi connectivity index (χ0) is 16.5. The number of aliphatic hydroxyl groups excluding tert-OH is 3. The summed E-state index contributed by atoms with van der Waals surface area (Å²) in [7, 11) is 0. The van der Waals surface area contributed by atoms with Crippen molar-refractivity contribution in [3.8, 4) is 0 Å². The summed E-state index contributed by atoms with van der Waals surface area (Å²) < 4.78 is 11.6. The van der Waals surface area contributed by atoms with E-state index in [9.17, 15) is 15.3 Å². The minimum Gasteiger partial charge on any atom is -0.390 e. The number of hydrogen-bond donors (Lipinski definition) is 5. The van der Waals surface area contributed by atoms with Crippen molar-refractivity contribution < 1.29 is 24.8 Å². The van der Waals surface area contributed by atoms with Gasteiger partial charge in [-0.1, -0.05) is 0 Å².